The zero-order valence-corrected chi connectivity index (χ0v) is 18.8. The molecule has 0 bridgehead atoms. The molecule has 0 aromatic rings. The first-order chi connectivity index (χ1) is 12.9. The average molecular weight is 369 g/mol. The summed E-state index contributed by atoms with van der Waals surface area (Å²) in [5.74, 6) is 4.48. The van der Waals surface area contributed by atoms with E-state index >= 15 is 0 Å². The van der Waals surface area contributed by atoms with Crippen molar-refractivity contribution in [2.75, 3.05) is 0 Å². The van der Waals surface area contributed by atoms with Gasteiger partial charge >= 0.3 is 0 Å². The zero-order valence-electron chi connectivity index (χ0n) is 18.8. The monoisotopic (exact) mass is 368 g/mol. The van der Waals surface area contributed by atoms with Crippen LogP contribution in [0.1, 0.15) is 105 Å². The largest absolute Gasteiger partial charge is 0.0637 e. The van der Waals surface area contributed by atoms with Crippen molar-refractivity contribution in [3.05, 3.63) is 23.3 Å². The standard InChI is InChI=1S/C27H44/c1-19(2)9-8-10-20(3)23-14-15-24-22-13-12-21-11-6-7-17-26(21,4)25(22)16-18-27(23,24)5/h12-13,19-20,23-25H,6-11,14-18H2,1-5H3/t20-,23+,24-,25-,26-,27+/m0/s1. The quantitative estimate of drug-likeness (QED) is 0.457. The molecule has 0 saturated heterocycles. The van der Waals surface area contributed by atoms with Crippen molar-refractivity contribution < 1.29 is 0 Å². The van der Waals surface area contributed by atoms with E-state index in [1.54, 1.807) is 5.57 Å². The molecule has 0 heteroatoms. The van der Waals surface area contributed by atoms with E-state index in [4.69, 9.17) is 0 Å². The van der Waals surface area contributed by atoms with Crippen LogP contribution in [0.15, 0.2) is 23.3 Å². The normalized spacial score (nSPS) is 42.1. The van der Waals surface area contributed by atoms with Gasteiger partial charge < -0.3 is 0 Å². The maximum absolute atomic E-state index is 2.69. The molecule has 0 radical (unpaired) electrons. The highest BCUT2D eigenvalue weighted by molar-refractivity contribution is 5.38. The van der Waals surface area contributed by atoms with E-state index in [1.807, 2.05) is 5.57 Å². The fourth-order valence-corrected chi connectivity index (χ4v) is 8.06. The third-order valence-corrected chi connectivity index (χ3v) is 9.69. The lowest BCUT2D eigenvalue weighted by atomic mass is 9.50. The molecule has 6 atom stereocenters. The summed E-state index contributed by atoms with van der Waals surface area (Å²) in [6.45, 7) is 12.7. The first-order valence-corrected chi connectivity index (χ1v) is 12.3. The Morgan fingerprint density at radius 3 is 2.52 bits per heavy atom. The molecule has 0 nitrogen and oxygen atoms in total. The van der Waals surface area contributed by atoms with E-state index in [0.717, 1.165) is 29.6 Å². The third kappa shape index (κ3) is 3.28. The summed E-state index contributed by atoms with van der Waals surface area (Å²) in [6, 6.07) is 0. The Labute approximate surface area is 169 Å². The summed E-state index contributed by atoms with van der Waals surface area (Å²) in [7, 11) is 0. The van der Waals surface area contributed by atoms with Gasteiger partial charge in [0.1, 0.15) is 0 Å². The van der Waals surface area contributed by atoms with E-state index < -0.39 is 0 Å². The highest BCUT2D eigenvalue weighted by Gasteiger charge is 2.56. The number of fused-ring (bicyclic) bond motifs is 5. The fraction of sp³-hybridized carbons (Fsp3) is 0.852. The van der Waals surface area contributed by atoms with Crippen LogP contribution in [0, 0.1) is 40.4 Å². The van der Waals surface area contributed by atoms with Gasteiger partial charge in [0.25, 0.3) is 0 Å². The van der Waals surface area contributed by atoms with E-state index in [9.17, 15) is 0 Å². The van der Waals surface area contributed by atoms with Gasteiger partial charge in [-0.2, -0.15) is 0 Å². The molecule has 4 aliphatic rings. The summed E-state index contributed by atoms with van der Waals surface area (Å²) < 4.78 is 0. The predicted molar refractivity (Wildman–Crippen MR) is 118 cm³/mol. The Kier molecular flexibility index (Phi) is 5.41. The highest BCUT2D eigenvalue weighted by Crippen LogP contribution is 2.66. The lowest BCUT2D eigenvalue weighted by Crippen LogP contribution is -2.45. The minimum atomic E-state index is 0.505. The number of allylic oxidation sites excluding steroid dienone is 4. The van der Waals surface area contributed by atoms with Crippen LogP contribution in [0.5, 0.6) is 0 Å². The van der Waals surface area contributed by atoms with Crippen LogP contribution in [0.4, 0.5) is 0 Å². The molecule has 0 aromatic heterocycles. The van der Waals surface area contributed by atoms with Gasteiger partial charge in [-0.3, -0.25) is 0 Å². The van der Waals surface area contributed by atoms with Crippen molar-refractivity contribution in [2.24, 2.45) is 40.4 Å². The lowest BCUT2D eigenvalue weighted by molar-refractivity contribution is 0.0477. The van der Waals surface area contributed by atoms with Crippen LogP contribution in [-0.2, 0) is 0 Å². The molecular formula is C27H44. The molecule has 4 rings (SSSR count). The van der Waals surface area contributed by atoms with Gasteiger partial charge in [-0.15, -0.1) is 0 Å². The Bertz CT molecular complexity index is 608. The number of hydrogen-bond acceptors (Lipinski definition) is 0. The Morgan fingerprint density at radius 1 is 0.926 bits per heavy atom. The van der Waals surface area contributed by atoms with E-state index in [2.05, 4.69) is 46.8 Å². The van der Waals surface area contributed by atoms with Gasteiger partial charge in [0, 0.05) is 0 Å². The second-order valence-electron chi connectivity index (χ2n) is 11.6. The summed E-state index contributed by atoms with van der Waals surface area (Å²) >= 11 is 0. The van der Waals surface area contributed by atoms with Crippen LogP contribution < -0.4 is 0 Å². The van der Waals surface area contributed by atoms with E-state index in [-0.39, 0.29) is 0 Å². The predicted octanol–water partition coefficient (Wildman–Crippen LogP) is 8.34. The minimum Gasteiger partial charge on any atom is -0.0637 e. The van der Waals surface area contributed by atoms with Gasteiger partial charge in [-0.25, -0.2) is 0 Å². The first-order valence-electron chi connectivity index (χ1n) is 12.3. The SMILES string of the molecule is CC(C)CCC[C@H](C)[C@H]1CC[C@H]2C3=CC=C4CCCC[C@]4(C)[C@H]3CC[C@]12C. The van der Waals surface area contributed by atoms with E-state index in [0.29, 0.717) is 10.8 Å². The summed E-state index contributed by atoms with van der Waals surface area (Å²) in [5, 5.41) is 0. The first kappa shape index (κ1) is 19.8. The fourth-order valence-electron chi connectivity index (χ4n) is 8.06. The van der Waals surface area contributed by atoms with Gasteiger partial charge in [0.15, 0.2) is 0 Å². The molecule has 0 unspecified atom stereocenters. The van der Waals surface area contributed by atoms with Crippen LogP contribution >= 0.6 is 0 Å². The minimum absolute atomic E-state index is 0.505. The van der Waals surface area contributed by atoms with Gasteiger partial charge in [-0.1, -0.05) is 83.6 Å². The van der Waals surface area contributed by atoms with Crippen molar-refractivity contribution in [1.29, 1.82) is 0 Å². The van der Waals surface area contributed by atoms with Crippen LogP contribution in [0.3, 0.4) is 0 Å². The maximum Gasteiger partial charge on any atom is -0.00476 e. The number of hydrogen-bond donors (Lipinski definition) is 0. The molecule has 27 heavy (non-hydrogen) atoms. The summed E-state index contributed by atoms with van der Waals surface area (Å²) in [5.41, 5.74) is 4.76. The highest BCUT2D eigenvalue weighted by atomic mass is 14.6. The van der Waals surface area contributed by atoms with Crippen LogP contribution in [0.2, 0.25) is 0 Å². The van der Waals surface area contributed by atoms with Crippen molar-refractivity contribution in [2.45, 2.75) is 105 Å². The third-order valence-electron chi connectivity index (χ3n) is 9.69. The smallest absolute Gasteiger partial charge is 0.00476 e. The molecule has 0 aliphatic heterocycles. The van der Waals surface area contributed by atoms with Crippen LogP contribution in [0.25, 0.3) is 0 Å². The second-order valence-corrected chi connectivity index (χ2v) is 11.6. The molecule has 3 fully saturated rings. The van der Waals surface area contributed by atoms with Gasteiger partial charge in [0.05, 0.1) is 0 Å². The van der Waals surface area contributed by atoms with Gasteiger partial charge in [-0.05, 0) is 85.4 Å². The molecular weight excluding hydrogens is 324 g/mol. The molecule has 0 heterocycles. The topological polar surface area (TPSA) is 0 Å². The van der Waals surface area contributed by atoms with Crippen molar-refractivity contribution in [3.63, 3.8) is 0 Å². The Hall–Kier alpha value is -0.520. The van der Waals surface area contributed by atoms with Crippen molar-refractivity contribution in [3.8, 4) is 0 Å². The van der Waals surface area contributed by atoms with Crippen molar-refractivity contribution >= 4 is 0 Å². The molecule has 0 N–H and O–H groups in total. The maximum atomic E-state index is 2.69. The lowest BCUT2D eigenvalue weighted by Gasteiger charge is -2.54. The number of rotatable bonds is 5. The average Bonchev–Trinajstić information content (AvgIpc) is 2.98. The van der Waals surface area contributed by atoms with Crippen LogP contribution in [-0.4, -0.2) is 0 Å². The second kappa shape index (κ2) is 7.38. The summed E-state index contributed by atoms with van der Waals surface area (Å²) in [4.78, 5) is 0. The molecule has 3 saturated carbocycles. The molecule has 0 spiro atoms. The molecule has 0 amide bonds. The summed E-state index contributed by atoms with van der Waals surface area (Å²) in [6.07, 6.45) is 21.1. The Morgan fingerprint density at radius 2 is 1.74 bits per heavy atom. The Balaban J connectivity index is 1.52. The van der Waals surface area contributed by atoms with E-state index in [1.165, 1.54) is 70.6 Å². The molecule has 0 aromatic carbocycles. The molecule has 4 aliphatic carbocycles. The van der Waals surface area contributed by atoms with Crippen molar-refractivity contribution in [1.82, 2.24) is 0 Å². The van der Waals surface area contributed by atoms with Gasteiger partial charge in [0.2, 0.25) is 0 Å². The molecule has 152 valence electrons. The zero-order chi connectivity index (χ0) is 19.2.